The van der Waals surface area contributed by atoms with Crippen molar-refractivity contribution in [2.24, 2.45) is 7.05 Å². The predicted molar refractivity (Wildman–Crippen MR) is 198 cm³/mol. The average Bonchev–Trinajstić information content (AvgIpc) is 3.43. The third-order valence-corrected chi connectivity index (χ3v) is 11.1. The second-order valence-electron chi connectivity index (χ2n) is 15.3. The maximum Gasteiger partial charge on any atom is 0.345 e. The molecule has 48 heavy (non-hydrogen) atoms. The number of rotatable bonds is 9. The Morgan fingerprint density at radius 1 is 0.750 bits per heavy atom. The van der Waals surface area contributed by atoms with Gasteiger partial charge in [-0.2, -0.15) is 0 Å². The fraction of sp³-hybridized carbons (Fsp3) is 0.463. The molecule has 2 aromatic carbocycles. The zero-order valence-corrected chi connectivity index (χ0v) is 29.7. The topological polar surface area (TPSA) is 71.8 Å². The molecule has 252 valence electrons. The number of aromatic nitrogens is 1. The van der Waals surface area contributed by atoms with E-state index in [1.165, 1.54) is 11.3 Å². The molecule has 7 rings (SSSR count). The highest BCUT2D eigenvalue weighted by atomic mass is 16.4. The van der Waals surface area contributed by atoms with Crippen LogP contribution >= 0.6 is 0 Å². The summed E-state index contributed by atoms with van der Waals surface area (Å²) in [5.74, 6) is 0. The normalized spacial score (nSPS) is 16.4. The Morgan fingerprint density at radius 3 is 2.00 bits per heavy atom. The summed E-state index contributed by atoms with van der Waals surface area (Å²) in [6.07, 6.45) is 6.60. The van der Waals surface area contributed by atoms with E-state index in [-0.39, 0.29) is 16.5 Å². The Balaban J connectivity index is 1.30. The molecule has 3 aromatic heterocycles. The Morgan fingerprint density at radius 2 is 1.35 bits per heavy atom. The van der Waals surface area contributed by atoms with E-state index in [9.17, 15) is 9.59 Å². The van der Waals surface area contributed by atoms with Crippen LogP contribution in [0.2, 0.25) is 0 Å². The lowest BCUT2D eigenvalue weighted by Crippen LogP contribution is -2.44. The fourth-order valence-corrected chi connectivity index (χ4v) is 7.93. The summed E-state index contributed by atoms with van der Waals surface area (Å²) in [5.41, 5.74) is 7.57. The van der Waals surface area contributed by atoms with Gasteiger partial charge in [0.05, 0.1) is 22.5 Å². The maximum absolute atomic E-state index is 13.8. The van der Waals surface area contributed by atoms with Crippen molar-refractivity contribution in [3.05, 3.63) is 80.5 Å². The minimum atomic E-state index is -0.397. The molecule has 0 N–H and O–H groups in total. The van der Waals surface area contributed by atoms with Crippen molar-refractivity contribution >= 4 is 33.3 Å². The monoisotopic (exact) mass is 647 g/mol. The average molecular weight is 648 g/mol. The summed E-state index contributed by atoms with van der Waals surface area (Å²) < 4.78 is 14.1. The Kier molecular flexibility index (Phi) is 8.08. The van der Waals surface area contributed by atoms with Gasteiger partial charge >= 0.3 is 11.3 Å². The predicted octanol–water partition coefficient (Wildman–Crippen LogP) is 9.15. The quantitative estimate of drug-likeness (QED) is 0.149. The molecule has 0 atom stereocenters. The summed E-state index contributed by atoms with van der Waals surface area (Å²) in [5, 5.41) is 1.81. The first-order chi connectivity index (χ1) is 22.9. The molecule has 2 aliphatic rings. The van der Waals surface area contributed by atoms with Gasteiger partial charge in [-0.1, -0.05) is 54.4 Å². The molecule has 0 amide bonds. The number of hydrogen-bond acceptors (Lipinski definition) is 6. The number of nitrogens with zero attached hydrogens (tertiary/aromatic N) is 3. The summed E-state index contributed by atoms with van der Waals surface area (Å²) in [6.45, 7) is 17.6. The molecule has 0 saturated heterocycles. The SMILES string of the molecule is CCCCN(CCCC)c1ccc2cc(-c3ccc(-c4cc5cc6c7c(c5oc4=O)C(C)(C)CCN7CCC6(C)C)n3C)c(=O)oc2c1. The van der Waals surface area contributed by atoms with Crippen molar-refractivity contribution in [2.75, 3.05) is 36.0 Å². The van der Waals surface area contributed by atoms with E-state index in [1.54, 1.807) is 0 Å². The third-order valence-electron chi connectivity index (χ3n) is 11.1. The molecular formula is C41H49N3O4. The molecule has 0 aliphatic carbocycles. The van der Waals surface area contributed by atoms with E-state index < -0.39 is 5.63 Å². The molecule has 0 unspecified atom stereocenters. The smallest absolute Gasteiger partial charge is 0.345 e. The standard InChI is InChI=1S/C41H49N3O4/c1-8-10-18-43(19-11-9-2)28-13-12-26-22-29(38(45)47-34(26)25-28)32-14-15-33(42(32)7)30-23-27-24-31-36-35(37(27)48-39(30)46)41(5,6)17-21-44(36)20-16-40(31,3)4/h12-15,22-25H,8-11,16-21H2,1-7H3. The van der Waals surface area contributed by atoms with Crippen molar-refractivity contribution < 1.29 is 8.83 Å². The molecule has 5 heterocycles. The first-order valence-electron chi connectivity index (χ1n) is 17.8. The van der Waals surface area contributed by atoms with E-state index >= 15 is 0 Å². The minimum Gasteiger partial charge on any atom is -0.422 e. The summed E-state index contributed by atoms with van der Waals surface area (Å²) in [4.78, 5) is 32.1. The van der Waals surface area contributed by atoms with Crippen LogP contribution in [0, 0.1) is 0 Å². The molecule has 0 radical (unpaired) electrons. The molecule has 0 saturated carbocycles. The van der Waals surface area contributed by atoms with Gasteiger partial charge in [0.2, 0.25) is 0 Å². The summed E-state index contributed by atoms with van der Waals surface area (Å²) >= 11 is 0. The highest BCUT2D eigenvalue weighted by Gasteiger charge is 2.42. The Bertz CT molecular complexity index is 2140. The lowest BCUT2D eigenvalue weighted by atomic mass is 9.69. The zero-order valence-electron chi connectivity index (χ0n) is 29.7. The van der Waals surface area contributed by atoms with Crippen molar-refractivity contribution in [3.8, 4) is 22.5 Å². The van der Waals surface area contributed by atoms with E-state index in [0.717, 1.165) is 86.7 Å². The number of hydrogen-bond donors (Lipinski definition) is 0. The number of benzene rings is 2. The van der Waals surface area contributed by atoms with Gasteiger partial charge in [-0.05, 0) is 84.5 Å². The van der Waals surface area contributed by atoms with Crippen LogP contribution in [-0.2, 0) is 17.9 Å². The van der Waals surface area contributed by atoms with Crippen molar-refractivity contribution in [1.29, 1.82) is 0 Å². The highest BCUT2D eigenvalue weighted by Crippen LogP contribution is 2.51. The summed E-state index contributed by atoms with van der Waals surface area (Å²) in [6, 6.07) is 16.1. The third kappa shape index (κ3) is 5.36. The van der Waals surface area contributed by atoms with E-state index in [0.29, 0.717) is 33.7 Å². The van der Waals surface area contributed by atoms with Gasteiger partial charge in [0.15, 0.2) is 0 Å². The van der Waals surface area contributed by atoms with Crippen LogP contribution in [-0.4, -0.2) is 30.7 Å². The molecule has 0 fully saturated rings. The van der Waals surface area contributed by atoms with Gasteiger partial charge in [0.25, 0.3) is 0 Å². The molecule has 2 aliphatic heterocycles. The van der Waals surface area contributed by atoms with Gasteiger partial charge in [-0.3, -0.25) is 0 Å². The van der Waals surface area contributed by atoms with E-state index in [4.69, 9.17) is 8.83 Å². The molecule has 0 bridgehead atoms. The second kappa shape index (κ2) is 12.0. The first-order valence-corrected chi connectivity index (χ1v) is 17.8. The van der Waals surface area contributed by atoms with Crippen LogP contribution in [0.5, 0.6) is 0 Å². The van der Waals surface area contributed by atoms with Crippen LogP contribution < -0.4 is 21.1 Å². The van der Waals surface area contributed by atoms with Gasteiger partial charge < -0.3 is 23.2 Å². The molecule has 7 heteroatoms. The van der Waals surface area contributed by atoms with Gasteiger partial charge in [0, 0.05) is 67.0 Å². The van der Waals surface area contributed by atoms with Gasteiger partial charge in [0.1, 0.15) is 11.2 Å². The van der Waals surface area contributed by atoms with Gasteiger partial charge in [-0.25, -0.2) is 9.59 Å². The number of anilines is 2. The first kappa shape index (κ1) is 32.3. The van der Waals surface area contributed by atoms with Crippen LogP contribution in [0.4, 0.5) is 11.4 Å². The summed E-state index contributed by atoms with van der Waals surface area (Å²) in [7, 11) is 1.89. The minimum absolute atomic E-state index is 0.0187. The fourth-order valence-electron chi connectivity index (χ4n) is 7.93. The Hall–Kier alpha value is -4.26. The molecule has 0 spiro atoms. The van der Waals surface area contributed by atoms with Crippen molar-refractivity contribution in [3.63, 3.8) is 0 Å². The highest BCUT2D eigenvalue weighted by molar-refractivity contribution is 5.92. The zero-order chi connectivity index (χ0) is 34.0. The van der Waals surface area contributed by atoms with Crippen LogP contribution in [0.15, 0.2) is 67.0 Å². The molecule has 7 nitrogen and oxygen atoms in total. The largest absolute Gasteiger partial charge is 0.422 e. The molecular weight excluding hydrogens is 598 g/mol. The molecule has 5 aromatic rings. The Labute approximate surface area is 283 Å². The van der Waals surface area contributed by atoms with E-state index in [2.05, 4.69) is 63.5 Å². The van der Waals surface area contributed by atoms with E-state index in [1.807, 2.05) is 48.0 Å². The van der Waals surface area contributed by atoms with Crippen LogP contribution in [0.3, 0.4) is 0 Å². The number of unbranched alkanes of at least 4 members (excludes halogenated alkanes) is 2. The van der Waals surface area contributed by atoms with Crippen molar-refractivity contribution in [1.82, 2.24) is 4.57 Å². The van der Waals surface area contributed by atoms with Gasteiger partial charge in [-0.15, -0.1) is 0 Å². The second-order valence-corrected chi connectivity index (χ2v) is 15.3. The van der Waals surface area contributed by atoms with Crippen LogP contribution in [0.1, 0.15) is 91.2 Å². The van der Waals surface area contributed by atoms with Crippen molar-refractivity contribution in [2.45, 2.75) is 90.9 Å². The lowest BCUT2D eigenvalue weighted by Gasteiger charge is -2.48. The van der Waals surface area contributed by atoms with Crippen LogP contribution in [0.25, 0.3) is 44.5 Å². The maximum atomic E-state index is 13.8. The number of fused-ring (bicyclic) bond motifs is 3. The lowest BCUT2D eigenvalue weighted by molar-refractivity contribution is 0.398.